The molecule has 2 heterocycles. The van der Waals surface area contributed by atoms with Crippen LogP contribution < -0.4 is 15.8 Å². The van der Waals surface area contributed by atoms with Crippen molar-refractivity contribution < 1.29 is 4.79 Å². The van der Waals surface area contributed by atoms with E-state index in [1.807, 2.05) is 38.1 Å². The third-order valence-corrected chi connectivity index (χ3v) is 4.99. The fourth-order valence-electron chi connectivity index (χ4n) is 3.20. The van der Waals surface area contributed by atoms with E-state index in [2.05, 4.69) is 32.1 Å². The van der Waals surface area contributed by atoms with E-state index in [4.69, 9.17) is 0 Å². The number of anilines is 1. The molecule has 7 nitrogen and oxygen atoms in total. The van der Waals surface area contributed by atoms with Crippen molar-refractivity contribution in [2.24, 2.45) is 0 Å². The molecule has 3 rings (SSSR count). The van der Waals surface area contributed by atoms with E-state index in [0.717, 1.165) is 37.3 Å². The highest BCUT2D eigenvalue weighted by Crippen LogP contribution is 2.14. The molecule has 27 heavy (non-hydrogen) atoms. The first-order valence-electron chi connectivity index (χ1n) is 9.31. The van der Waals surface area contributed by atoms with Gasteiger partial charge in [-0.3, -0.25) is 14.6 Å². The number of amides is 1. The number of rotatable bonds is 5. The first kappa shape index (κ1) is 19.1. The van der Waals surface area contributed by atoms with Crippen molar-refractivity contribution in [2.75, 3.05) is 38.1 Å². The van der Waals surface area contributed by atoms with E-state index >= 15 is 0 Å². The van der Waals surface area contributed by atoms with Gasteiger partial charge >= 0.3 is 0 Å². The van der Waals surface area contributed by atoms with Gasteiger partial charge in [0.15, 0.2) is 0 Å². The van der Waals surface area contributed by atoms with Crippen LogP contribution in [0.5, 0.6) is 0 Å². The largest absolute Gasteiger partial charge is 0.348 e. The van der Waals surface area contributed by atoms with Gasteiger partial charge in [0.25, 0.3) is 5.56 Å². The lowest BCUT2D eigenvalue weighted by atomic mass is 10.1. The molecule has 144 valence electrons. The molecule has 0 aliphatic carbocycles. The number of benzene rings is 1. The predicted molar refractivity (Wildman–Crippen MR) is 106 cm³/mol. The summed E-state index contributed by atoms with van der Waals surface area (Å²) in [6, 6.07) is 8.95. The number of aromatic amines is 1. The van der Waals surface area contributed by atoms with Gasteiger partial charge in [-0.2, -0.15) is 0 Å². The Morgan fingerprint density at radius 1 is 1.26 bits per heavy atom. The van der Waals surface area contributed by atoms with Crippen molar-refractivity contribution in [1.82, 2.24) is 20.2 Å². The maximum Gasteiger partial charge on any atom is 0.252 e. The number of H-pyrrole nitrogens is 1. The third kappa shape index (κ3) is 4.95. The van der Waals surface area contributed by atoms with Crippen molar-refractivity contribution >= 4 is 11.9 Å². The number of likely N-dealkylation sites (N-methyl/N-ethyl adjacent to an activating group) is 1. The van der Waals surface area contributed by atoms with Crippen LogP contribution in [0.2, 0.25) is 0 Å². The summed E-state index contributed by atoms with van der Waals surface area (Å²) in [5.74, 6) is 0.491. The van der Waals surface area contributed by atoms with Gasteiger partial charge < -0.3 is 15.1 Å². The lowest BCUT2D eigenvalue weighted by molar-refractivity contribution is -0.121. The van der Waals surface area contributed by atoms with Gasteiger partial charge in [0.2, 0.25) is 11.9 Å². The first-order valence-corrected chi connectivity index (χ1v) is 9.31. The van der Waals surface area contributed by atoms with E-state index in [1.54, 1.807) is 0 Å². The molecule has 2 aromatic rings. The second-order valence-electron chi connectivity index (χ2n) is 7.18. The molecule has 2 N–H and O–H groups in total. The molecule has 1 fully saturated rings. The molecular weight excluding hydrogens is 342 g/mol. The molecule has 1 aromatic carbocycles. The monoisotopic (exact) mass is 369 g/mol. The number of hydrogen-bond acceptors (Lipinski definition) is 5. The number of aryl methyl sites for hydroxylation is 1. The Balaban J connectivity index is 1.69. The predicted octanol–water partition coefficient (Wildman–Crippen LogP) is 1.25. The summed E-state index contributed by atoms with van der Waals surface area (Å²) in [6.45, 7) is 7.33. The summed E-state index contributed by atoms with van der Waals surface area (Å²) in [4.78, 5) is 36.2. The SMILES string of the molecule is Cc1ccccc1CC(=O)N[C@@H](C)c1cc(=O)[nH]c(N2CCN(C)CC2)n1. The van der Waals surface area contributed by atoms with Crippen LogP contribution in [0.4, 0.5) is 5.95 Å². The number of nitrogens with one attached hydrogen (secondary N) is 2. The van der Waals surface area contributed by atoms with Crippen LogP contribution in [-0.4, -0.2) is 54.0 Å². The minimum absolute atomic E-state index is 0.0833. The Kier molecular flexibility index (Phi) is 5.91. The summed E-state index contributed by atoms with van der Waals surface area (Å²) in [7, 11) is 2.08. The number of aromatic nitrogens is 2. The molecule has 0 unspecified atom stereocenters. The van der Waals surface area contributed by atoms with Crippen molar-refractivity contribution in [3.05, 3.63) is 57.5 Å². The van der Waals surface area contributed by atoms with Crippen LogP contribution in [0.25, 0.3) is 0 Å². The Labute approximate surface area is 159 Å². The Bertz CT molecular complexity index is 855. The molecule has 1 amide bonds. The zero-order valence-corrected chi connectivity index (χ0v) is 16.2. The number of carbonyl (C=O) groups excluding carboxylic acids is 1. The maximum absolute atomic E-state index is 12.4. The van der Waals surface area contributed by atoms with E-state index in [1.165, 1.54) is 6.07 Å². The van der Waals surface area contributed by atoms with Crippen LogP contribution in [0.15, 0.2) is 35.1 Å². The number of piperazine rings is 1. The minimum atomic E-state index is -0.338. The van der Waals surface area contributed by atoms with Crippen molar-refractivity contribution in [3.63, 3.8) is 0 Å². The first-order chi connectivity index (χ1) is 12.9. The zero-order valence-electron chi connectivity index (χ0n) is 16.2. The van der Waals surface area contributed by atoms with Gasteiger partial charge in [-0.1, -0.05) is 24.3 Å². The smallest absolute Gasteiger partial charge is 0.252 e. The maximum atomic E-state index is 12.4. The molecule has 0 saturated carbocycles. The van der Waals surface area contributed by atoms with Crippen LogP contribution >= 0.6 is 0 Å². The van der Waals surface area contributed by atoms with E-state index in [0.29, 0.717) is 18.1 Å². The Morgan fingerprint density at radius 3 is 2.67 bits per heavy atom. The van der Waals surface area contributed by atoms with Gasteiger partial charge in [-0.15, -0.1) is 0 Å². The minimum Gasteiger partial charge on any atom is -0.348 e. The highest BCUT2D eigenvalue weighted by atomic mass is 16.1. The highest BCUT2D eigenvalue weighted by molar-refractivity contribution is 5.79. The van der Waals surface area contributed by atoms with Crippen molar-refractivity contribution in [3.8, 4) is 0 Å². The number of nitrogens with zero attached hydrogens (tertiary/aromatic N) is 3. The fourth-order valence-corrected chi connectivity index (χ4v) is 3.20. The molecule has 0 spiro atoms. The lowest BCUT2D eigenvalue weighted by Gasteiger charge is -2.32. The zero-order chi connectivity index (χ0) is 19.4. The van der Waals surface area contributed by atoms with E-state index < -0.39 is 0 Å². The number of carbonyl (C=O) groups is 1. The number of hydrogen-bond donors (Lipinski definition) is 2. The van der Waals surface area contributed by atoms with Gasteiger partial charge in [0.05, 0.1) is 18.2 Å². The summed E-state index contributed by atoms with van der Waals surface area (Å²) < 4.78 is 0. The second-order valence-corrected chi connectivity index (χ2v) is 7.18. The molecule has 1 aliphatic rings. The molecule has 7 heteroatoms. The normalized spacial score (nSPS) is 16.2. The van der Waals surface area contributed by atoms with Crippen LogP contribution in [0, 0.1) is 6.92 Å². The molecule has 1 saturated heterocycles. The van der Waals surface area contributed by atoms with Crippen molar-refractivity contribution in [1.29, 1.82) is 0 Å². The van der Waals surface area contributed by atoms with Gasteiger partial charge in [-0.25, -0.2) is 4.98 Å². The van der Waals surface area contributed by atoms with Gasteiger partial charge in [-0.05, 0) is 32.0 Å². The van der Waals surface area contributed by atoms with Crippen LogP contribution in [-0.2, 0) is 11.2 Å². The quantitative estimate of drug-likeness (QED) is 0.829. The van der Waals surface area contributed by atoms with Crippen LogP contribution in [0.3, 0.4) is 0 Å². The highest BCUT2D eigenvalue weighted by Gasteiger charge is 2.19. The van der Waals surface area contributed by atoms with Crippen LogP contribution in [0.1, 0.15) is 29.8 Å². The lowest BCUT2D eigenvalue weighted by Crippen LogP contribution is -2.45. The molecule has 1 atom stereocenters. The summed E-state index contributed by atoms with van der Waals surface area (Å²) in [6.07, 6.45) is 0.311. The molecule has 1 aromatic heterocycles. The van der Waals surface area contributed by atoms with Crippen molar-refractivity contribution in [2.45, 2.75) is 26.3 Å². The third-order valence-electron chi connectivity index (χ3n) is 4.99. The van der Waals surface area contributed by atoms with Gasteiger partial charge in [0.1, 0.15) is 0 Å². The Hall–Kier alpha value is -2.67. The van der Waals surface area contributed by atoms with E-state index in [9.17, 15) is 9.59 Å². The second kappa shape index (κ2) is 8.35. The van der Waals surface area contributed by atoms with Gasteiger partial charge in [0, 0.05) is 32.2 Å². The standard InChI is InChI=1S/C20H27N5O2/c1-14-6-4-5-7-16(14)12-18(26)21-15(2)17-13-19(27)23-20(22-17)25-10-8-24(3)9-11-25/h4-7,13,15H,8-12H2,1-3H3,(H,21,26)(H,22,23,27)/t15-/m0/s1. The average Bonchev–Trinajstić information content (AvgIpc) is 2.63. The topological polar surface area (TPSA) is 81.3 Å². The Morgan fingerprint density at radius 2 is 1.96 bits per heavy atom. The molecule has 1 aliphatic heterocycles. The summed E-state index contributed by atoms with van der Waals surface area (Å²) >= 11 is 0. The average molecular weight is 369 g/mol. The van der Waals surface area contributed by atoms with E-state index in [-0.39, 0.29) is 17.5 Å². The summed E-state index contributed by atoms with van der Waals surface area (Å²) in [5.41, 5.74) is 2.46. The fraction of sp³-hybridized carbons (Fsp3) is 0.450. The summed E-state index contributed by atoms with van der Waals surface area (Å²) in [5, 5.41) is 2.96. The molecule has 0 bridgehead atoms. The molecular formula is C20H27N5O2. The molecule has 0 radical (unpaired) electrons.